The van der Waals surface area contributed by atoms with Crippen molar-refractivity contribution in [3.05, 3.63) is 0 Å². The van der Waals surface area contributed by atoms with E-state index in [2.05, 4.69) is 6.92 Å². The summed E-state index contributed by atoms with van der Waals surface area (Å²) < 4.78 is 21.9. The van der Waals surface area contributed by atoms with Gasteiger partial charge in [0.2, 0.25) is 0 Å². The van der Waals surface area contributed by atoms with Gasteiger partial charge in [-0.25, -0.2) is 0 Å². The number of hydrogen-bond donors (Lipinski definition) is 0. The predicted octanol–water partition coefficient (Wildman–Crippen LogP) is 3.05. The van der Waals surface area contributed by atoms with Crippen LogP contribution >= 0.6 is 7.60 Å². The van der Waals surface area contributed by atoms with Gasteiger partial charge in [-0.15, -0.1) is 0 Å². The van der Waals surface area contributed by atoms with Gasteiger partial charge in [0.05, 0.1) is 19.4 Å². The Hall–Kier alpha value is 0.150. The minimum atomic E-state index is -2.74. The summed E-state index contributed by atoms with van der Waals surface area (Å²) in [6, 6.07) is 0. The highest BCUT2D eigenvalue weighted by Gasteiger charge is 2.21. The van der Waals surface area contributed by atoms with Gasteiger partial charge in [0.1, 0.15) is 0 Å². The highest BCUT2D eigenvalue weighted by Crippen LogP contribution is 2.48. The van der Waals surface area contributed by atoms with Crippen molar-refractivity contribution in [2.24, 2.45) is 0 Å². The van der Waals surface area contributed by atoms with E-state index in [4.69, 9.17) is 9.05 Å². The molecule has 0 aromatic rings. The van der Waals surface area contributed by atoms with Crippen molar-refractivity contribution >= 4 is 7.60 Å². The number of unbranched alkanes of at least 4 members (excludes halogenated alkanes) is 1. The zero-order valence-electron chi connectivity index (χ0n) is 8.21. The summed E-state index contributed by atoms with van der Waals surface area (Å²) in [5.41, 5.74) is 0. The second kappa shape index (κ2) is 6.64. The van der Waals surface area contributed by atoms with Crippen molar-refractivity contribution in [2.45, 2.75) is 33.6 Å². The van der Waals surface area contributed by atoms with E-state index in [0.717, 1.165) is 12.8 Å². The Balaban J connectivity index is 3.90. The number of hydrogen-bond acceptors (Lipinski definition) is 3. The van der Waals surface area contributed by atoms with Gasteiger partial charge in [-0.05, 0) is 20.3 Å². The summed E-state index contributed by atoms with van der Waals surface area (Å²) in [5.74, 6) is 0. The Morgan fingerprint density at radius 2 is 1.58 bits per heavy atom. The van der Waals surface area contributed by atoms with Crippen molar-refractivity contribution in [1.29, 1.82) is 0 Å². The lowest BCUT2D eigenvalue weighted by Crippen LogP contribution is -1.99. The molecule has 0 amide bonds. The predicted molar refractivity (Wildman–Crippen MR) is 50.6 cm³/mol. The van der Waals surface area contributed by atoms with Crippen molar-refractivity contribution in [3.8, 4) is 0 Å². The summed E-state index contributed by atoms with van der Waals surface area (Å²) >= 11 is 0. The first-order valence-electron chi connectivity index (χ1n) is 4.56. The third-order valence-electron chi connectivity index (χ3n) is 1.44. The molecule has 0 aliphatic rings. The van der Waals surface area contributed by atoms with E-state index in [1.807, 2.05) is 13.8 Å². The maximum absolute atomic E-state index is 11.7. The molecule has 4 heteroatoms. The highest BCUT2D eigenvalue weighted by atomic mass is 31.2. The van der Waals surface area contributed by atoms with Crippen LogP contribution < -0.4 is 0 Å². The molecule has 0 spiro atoms. The van der Waals surface area contributed by atoms with E-state index in [1.165, 1.54) is 0 Å². The Bertz CT molecular complexity index is 137. The minimum absolute atomic E-state index is 0.459. The van der Waals surface area contributed by atoms with Gasteiger partial charge >= 0.3 is 7.60 Å². The second-order valence-corrected chi connectivity index (χ2v) is 4.71. The second-order valence-electron chi connectivity index (χ2n) is 2.52. The van der Waals surface area contributed by atoms with Crippen LogP contribution in [-0.4, -0.2) is 19.4 Å². The first-order chi connectivity index (χ1) is 5.68. The topological polar surface area (TPSA) is 35.5 Å². The molecule has 0 N–H and O–H groups in total. The van der Waals surface area contributed by atoms with Crippen molar-refractivity contribution in [2.75, 3.05) is 19.4 Å². The normalized spacial score (nSPS) is 11.9. The minimum Gasteiger partial charge on any atom is -0.309 e. The van der Waals surface area contributed by atoms with Crippen LogP contribution in [0.2, 0.25) is 0 Å². The molecule has 0 bridgehead atoms. The van der Waals surface area contributed by atoms with Crippen LogP contribution in [0.1, 0.15) is 33.6 Å². The Labute approximate surface area is 75.0 Å². The quantitative estimate of drug-likeness (QED) is 0.584. The zero-order chi connectivity index (χ0) is 9.45. The molecule has 0 unspecified atom stereocenters. The molecule has 0 fully saturated rings. The number of rotatable bonds is 7. The molecular weight excluding hydrogens is 175 g/mol. The van der Waals surface area contributed by atoms with Crippen LogP contribution in [0.5, 0.6) is 0 Å². The van der Waals surface area contributed by atoms with Gasteiger partial charge in [0.15, 0.2) is 0 Å². The van der Waals surface area contributed by atoms with Gasteiger partial charge in [-0.1, -0.05) is 13.3 Å². The van der Waals surface area contributed by atoms with E-state index in [9.17, 15) is 4.57 Å². The molecule has 12 heavy (non-hydrogen) atoms. The summed E-state index contributed by atoms with van der Waals surface area (Å²) in [7, 11) is -2.74. The van der Waals surface area contributed by atoms with Crippen LogP contribution in [-0.2, 0) is 13.6 Å². The van der Waals surface area contributed by atoms with E-state index in [1.54, 1.807) is 0 Å². The summed E-state index contributed by atoms with van der Waals surface area (Å²) in [6.07, 6.45) is 2.46. The third-order valence-corrected chi connectivity index (χ3v) is 3.60. The molecule has 0 aliphatic heterocycles. The fourth-order valence-corrected chi connectivity index (χ4v) is 2.73. The highest BCUT2D eigenvalue weighted by molar-refractivity contribution is 7.53. The fraction of sp³-hybridized carbons (Fsp3) is 1.00. The molecule has 3 nitrogen and oxygen atoms in total. The summed E-state index contributed by atoms with van der Waals surface area (Å²) in [4.78, 5) is 0. The molecule has 0 aliphatic carbocycles. The monoisotopic (exact) mass is 194 g/mol. The van der Waals surface area contributed by atoms with Crippen LogP contribution in [0.3, 0.4) is 0 Å². The fourth-order valence-electron chi connectivity index (χ4n) is 0.912. The van der Waals surface area contributed by atoms with E-state index in [0.29, 0.717) is 19.4 Å². The van der Waals surface area contributed by atoms with Crippen molar-refractivity contribution < 1.29 is 13.6 Å². The lowest BCUT2D eigenvalue weighted by Gasteiger charge is -2.15. The van der Waals surface area contributed by atoms with Crippen molar-refractivity contribution in [3.63, 3.8) is 0 Å². The van der Waals surface area contributed by atoms with Gasteiger partial charge in [0.25, 0.3) is 0 Å². The molecule has 0 aromatic carbocycles. The Kier molecular flexibility index (Phi) is 6.73. The smallest absolute Gasteiger partial charge is 0.309 e. The Morgan fingerprint density at radius 3 is 1.92 bits per heavy atom. The van der Waals surface area contributed by atoms with E-state index in [-0.39, 0.29) is 0 Å². The zero-order valence-corrected chi connectivity index (χ0v) is 9.10. The maximum Gasteiger partial charge on any atom is 0.330 e. The third kappa shape index (κ3) is 4.91. The Morgan fingerprint density at radius 1 is 1.08 bits per heavy atom. The van der Waals surface area contributed by atoms with Crippen molar-refractivity contribution in [1.82, 2.24) is 0 Å². The van der Waals surface area contributed by atoms with Gasteiger partial charge < -0.3 is 9.05 Å². The SMILES string of the molecule is CCCCP(=O)(OCC)OCC. The summed E-state index contributed by atoms with van der Waals surface area (Å²) in [5, 5.41) is 0. The first-order valence-corrected chi connectivity index (χ1v) is 6.29. The molecule has 0 aromatic heterocycles. The molecule has 0 saturated heterocycles. The molecule has 0 radical (unpaired) electrons. The molecule has 0 saturated carbocycles. The van der Waals surface area contributed by atoms with E-state index < -0.39 is 7.60 Å². The summed E-state index contributed by atoms with van der Waals surface area (Å²) in [6.45, 7) is 6.64. The van der Waals surface area contributed by atoms with Crippen LogP contribution in [0.15, 0.2) is 0 Å². The lowest BCUT2D eigenvalue weighted by atomic mass is 10.4. The van der Waals surface area contributed by atoms with Crippen LogP contribution in [0.25, 0.3) is 0 Å². The lowest BCUT2D eigenvalue weighted by molar-refractivity contribution is 0.219. The van der Waals surface area contributed by atoms with E-state index >= 15 is 0 Å². The molecule has 74 valence electrons. The molecule has 0 rings (SSSR count). The molecule has 0 heterocycles. The largest absolute Gasteiger partial charge is 0.330 e. The average molecular weight is 194 g/mol. The molecular formula is C8H19O3P. The molecule has 0 atom stereocenters. The first kappa shape index (κ1) is 12.2. The van der Waals surface area contributed by atoms with Gasteiger partial charge in [-0.3, -0.25) is 4.57 Å². The van der Waals surface area contributed by atoms with Gasteiger partial charge in [0, 0.05) is 0 Å². The standard InChI is InChI=1S/C8H19O3P/c1-4-7-8-12(9,10-5-2)11-6-3/h4-8H2,1-3H3. The maximum atomic E-state index is 11.7. The van der Waals surface area contributed by atoms with Crippen LogP contribution in [0, 0.1) is 0 Å². The van der Waals surface area contributed by atoms with Crippen LogP contribution in [0.4, 0.5) is 0 Å². The average Bonchev–Trinajstić information content (AvgIpc) is 2.02. The van der Waals surface area contributed by atoms with Gasteiger partial charge in [-0.2, -0.15) is 0 Å².